The van der Waals surface area contributed by atoms with E-state index < -0.39 is 0 Å². The van der Waals surface area contributed by atoms with E-state index in [1.807, 2.05) is 6.92 Å². The summed E-state index contributed by atoms with van der Waals surface area (Å²) < 4.78 is 0. The van der Waals surface area contributed by atoms with Gasteiger partial charge in [-0.3, -0.25) is 0 Å². The van der Waals surface area contributed by atoms with Gasteiger partial charge in [-0.1, -0.05) is 29.8 Å². The number of para-hydroxylation sites is 1. The number of rotatable bonds is 2. The van der Waals surface area contributed by atoms with Gasteiger partial charge in [0.05, 0.1) is 6.54 Å². The van der Waals surface area contributed by atoms with E-state index in [0.717, 1.165) is 31.0 Å². The molecule has 1 aromatic carbocycles. The highest BCUT2D eigenvalue weighted by Crippen LogP contribution is 2.27. The second-order valence-corrected chi connectivity index (χ2v) is 5.64. The van der Waals surface area contributed by atoms with Gasteiger partial charge in [0.2, 0.25) is 0 Å². The maximum absolute atomic E-state index is 6.03. The number of anilines is 1. The molecule has 0 spiro atoms. The predicted octanol–water partition coefficient (Wildman–Crippen LogP) is 3.78. The molecule has 0 aliphatic carbocycles. The Balaban J connectivity index is 1.90. The fraction of sp³-hybridized carbons (Fsp3) is 0.375. The van der Waals surface area contributed by atoms with E-state index in [1.165, 1.54) is 24.1 Å². The maximum Gasteiger partial charge on any atom is 0.149 e. The summed E-state index contributed by atoms with van der Waals surface area (Å²) in [5, 5.41) is 0.524. The molecule has 3 rings (SSSR count). The van der Waals surface area contributed by atoms with Crippen LogP contribution in [0.4, 0.5) is 5.69 Å². The molecule has 0 unspecified atom stereocenters. The molecule has 1 aliphatic heterocycles. The number of fused-ring (bicyclic) bond motifs is 1. The Morgan fingerprint density at radius 1 is 1.20 bits per heavy atom. The number of halogens is 1. The lowest BCUT2D eigenvalue weighted by Crippen LogP contribution is -2.24. The molecule has 104 valence electrons. The van der Waals surface area contributed by atoms with Crippen molar-refractivity contribution in [2.75, 3.05) is 11.4 Å². The van der Waals surface area contributed by atoms with Crippen molar-refractivity contribution < 1.29 is 0 Å². The van der Waals surface area contributed by atoms with E-state index in [2.05, 4.69) is 39.1 Å². The van der Waals surface area contributed by atoms with Crippen LogP contribution in [0.1, 0.15) is 29.9 Å². The summed E-state index contributed by atoms with van der Waals surface area (Å²) in [6.45, 7) is 3.72. The molecule has 0 fully saturated rings. The highest BCUT2D eigenvalue weighted by molar-refractivity contribution is 6.29. The largest absolute Gasteiger partial charge is 0.364 e. The molecule has 2 aromatic rings. The molecule has 0 atom stereocenters. The van der Waals surface area contributed by atoms with Gasteiger partial charge in [0.15, 0.2) is 0 Å². The van der Waals surface area contributed by atoms with Crippen molar-refractivity contribution in [1.29, 1.82) is 0 Å². The molecule has 4 heteroatoms. The van der Waals surface area contributed by atoms with Crippen molar-refractivity contribution in [2.24, 2.45) is 0 Å². The molecule has 0 N–H and O–H groups in total. The molecule has 20 heavy (non-hydrogen) atoms. The molecule has 1 aromatic heterocycles. The van der Waals surface area contributed by atoms with Crippen molar-refractivity contribution in [3.63, 3.8) is 0 Å². The summed E-state index contributed by atoms with van der Waals surface area (Å²) >= 11 is 6.03. The van der Waals surface area contributed by atoms with E-state index in [9.17, 15) is 0 Å². The molecule has 0 saturated carbocycles. The second-order valence-electron chi connectivity index (χ2n) is 5.26. The third-order valence-electron chi connectivity index (χ3n) is 3.66. The van der Waals surface area contributed by atoms with Crippen LogP contribution in [0.25, 0.3) is 0 Å². The number of nitrogens with zero attached hydrogens (tertiary/aromatic N) is 3. The number of benzene rings is 1. The molecular formula is C16H18ClN3. The van der Waals surface area contributed by atoms with Crippen molar-refractivity contribution >= 4 is 17.3 Å². The Bertz CT molecular complexity index is 592. The summed E-state index contributed by atoms with van der Waals surface area (Å²) in [6.07, 6.45) is 3.60. The lowest BCUT2D eigenvalue weighted by atomic mass is 10.1. The zero-order valence-electron chi connectivity index (χ0n) is 11.6. The van der Waals surface area contributed by atoms with Gasteiger partial charge in [0.25, 0.3) is 0 Å². The molecule has 2 heterocycles. The van der Waals surface area contributed by atoms with Crippen LogP contribution in [-0.2, 0) is 13.0 Å². The van der Waals surface area contributed by atoms with Gasteiger partial charge in [-0.15, -0.1) is 0 Å². The van der Waals surface area contributed by atoms with Gasteiger partial charge in [-0.2, -0.15) is 0 Å². The Kier molecular flexibility index (Phi) is 3.88. The molecular weight excluding hydrogens is 270 g/mol. The average molecular weight is 288 g/mol. The van der Waals surface area contributed by atoms with Crippen molar-refractivity contribution in [3.05, 3.63) is 52.6 Å². The van der Waals surface area contributed by atoms with E-state index in [-0.39, 0.29) is 0 Å². The van der Waals surface area contributed by atoms with Crippen LogP contribution in [0.2, 0.25) is 5.15 Å². The number of aromatic nitrogens is 2. The highest BCUT2D eigenvalue weighted by Gasteiger charge is 2.16. The van der Waals surface area contributed by atoms with Crippen molar-refractivity contribution in [2.45, 2.75) is 32.7 Å². The van der Waals surface area contributed by atoms with Crippen LogP contribution in [-0.4, -0.2) is 16.5 Å². The Labute approximate surface area is 124 Å². The van der Waals surface area contributed by atoms with Gasteiger partial charge < -0.3 is 4.90 Å². The normalized spacial score (nSPS) is 14.8. The summed E-state index contributed by atoms with van der Waals surface area (Å²) in [5.74, 6) is 0.798. The molecule has 0 saturated heterocycles. The third-order valence-corrected chi connectivity index (χ3v) is 3.85. The summed E-state index contributed by atoms with van der Waals surface area (Å²) in [5.41, 5.74) is 3.65. The lowest BCUT2D eigenvalue weighted by Gasteiger charge is -2.24. The smallest absolute Gasteiger partial charge is 0.149 e. The molecule has 0 radical (unpaired) electrons. The predicted molar refractivity (Wildman–Crippen MR) is 82.2 cm³/mol. The fourth-order valence-electron chi connectivity index (χ4n) is 2.76. The third kappa shape index (κ3) is 2.93. The molecule has 0 bridgehead atoms. The SMILES string of the molecule is Cc1cc(Cl)nc(CN2CCCCc3ccccc32)n1. The summed E-state index contributed by atoms with van der Waals surface area (Å²) in [7, 11) is 0. The van der Waals surface area contributed by atoms with E-state index in [4.69, 9.17) is 11.6 Å². The first-order chi connectivity index (χ1) is 9.72. The van der Waals surface area contributed by atoms with Crippen LogP contribution < -0.4 is 4.90 Å². The molecule has 1 aliphatic rings. The van der Waals surface area contributed by atoms with Crippen LogP contribution in [0.15, 0.2) is 30.3 Å². The minimum absolute atomic E-state index is 0.524. The van der Waals surface area contributed by atoms with Crippen LogP contribution in [0.3, 0.4) is 0 Å². The fourth-order valence-corrected chi connectivity index (χ4v) is 3.02. The van der Waals surface area contributed by atoms with Gasteiger partial charge in [0.1, 0.15) is 11.0 Å². The average Bonchev–Trinajstić information content (AvgIpc) is 2.61. The van der Waals surface area contributed by atoms with Crippen molar-refractivity contribution in [1.82, 2.24) is 9.97 Å². The van der Waals surface area contributed by atoms with Crippen molar-refractivity contribution in [3.8, 4) is 0 Å². The number of hydrogen-bond donors (Lipinski definition) is 0. The first-order valence-corrected chi connectivity index (χ1v) is 7.43. The van der Waals surface area contributed by atoms with Crippen LogP contribution in [0, 0.1) is 6.92 Å². The van der Waals surface area contributed by atoms with Gasteiger partial charge in [-0.05, 0) is 43.9 Å². The first kappa shape index (κ1) is 13.4. The second kappa shape index (κ2) is 5.80. The van der Waals surface area contributed by atoms with E-state index >= 15 is 0 Å². The zero-order chi connectivity index (χ0) is 13.9. The molecule has 0 amide bonds. The van der Waals surface area contributed by atoms with E-state index in [0.29, 0.717) is 5.15 Å². The number of hydrogen-bond acceptors (Lipinski definition) is 3. The van der Waals surface area contributed by atoms with Gasteiger partial charge >= 0.3 is 0 Å². The maximum atomic E-state index is 6.03. The summed E-state index contributed by atoms with van der Waals surface area (Å²) in [4.78, 5) is 11.2. The Morgan fingerprint density at radius 2 is 2.05 bits per heavy atom. The van der Waals surface area contributed by atoms with Crippen LogP contribution >= 0.6 is 11.6 Å². The minimum Gasteiger partial charge on any atom is -0.364 e. The Hall–Kier alpha value is -1.61. The van der Waals surface area contributed by atoms with Gasteiger partial charge in [-0.25, -0.2) is 9.97 Å². The molecule has 3 nitrogen and oxygen atoms in total. The topological polar surface area (TPSA) is 29.0 Å². The monoisotopic (exact) mass is 287 g/mol. The standard InChI is InChI=1S/C16H18ClN3/c1-12-10-15(17)19-16(18-12)11-20-9-5-4-7-13-6-2-3-8-14(13)20/h2-3,6,8,10H,4-5,7,9,11H2,1H3. The zero-order valence-corrected chi connectivity index (χ0v) is 12.4. The first-order valence-electron chi connectivity index (χ1n) is 7.05. The summed E-state index contributed by atoms with van der Waals surface area (Å²) in [6, 6.07) is 10.4. The minimum atomic E-state index is 0.524. The highest BCUT2D eigenvalue weighted by atomic mass is 35.5. The van der Waals surface area contributed by atoms with Gasteiger partial charge in [0, 0.05) is 17.9 Å². The van der Waals surface area contributed by atoms with E-state index in [1.54, 1.807) is 6.07 Å². The quantitative estimate of drug-likeness (QED) is 0.787. The lowest BCUT2D eigenvalue weighted by molar-refractivity contribution is 0.697. The number of aryl methyl sites for hydroxylation is 2. The van der Waals surface area contributed by atoms with Crippen LogP contribution in [0.5, 0.6) is 0 Å². The Morgan fingerprint density at radius 3 is 2.90 bits per heavy atom.